The van der Waals surface area contributed by atoms with Gasteiger partial charge in [0, 0.05) is 0 Å². The van der Waals surface area contributed by atoms with Crippen molar-refractivity contribution in [3.8, 4) is 11.8 Å². The molecule has 0 aromatic carbocycles. The van der Waals surface area contributed by atoms with Crippen molar-refractivity contribution < 1.29 is 9.53 Å². The van der Waals surface area contributed by atoms with Crippen LogP contribution in [0.15, 0.2) is 0 Å². The van der Waals surface area contributed by atoms with E-state index in [1.165, 1.54) is 0 Å². The van der Waals surface area contributed by atoms with Crippen molar-refractivity contribution in [3.05, 3.63) is 0 Å². The Morgan fingerprint density at radius 3 is 2.50 bits per heavy atom. The summed E-state index contributed by atoms with van der Waals surface area (Å²) in [5, 5.41) is 0. The lowest BCUT2D eigenvalue weighted by atomic mass is 10.1. The Bertz CT molecular complexity index is 213. The molecule has 0 rings (SSSR count). The van der Waals surface area contributed by atoms with Crippen molar-refractivity contribution in [1.29, 1.82) is 0 Å². The zero-order valence-corrected chi connectivity index (χ0v) is 8.50. The fourth-order valence-electron chi connectivity index (χ4n) is 0.584. The van der Waals surface area contributed by atoms with Crippen LogP contribution in [0, 0.1) is 11.8 Å². The third kappa shape index (κ3) is 5.29. The number of alkyl halides is 2. The minimum atomic E-state index is -0.805. The highest BCUT2D eigenvalue weighted by Crippen LogP contribution is 2.07. The first-order valence-electron chi connectivity index (χ1n) is 3.35. The average Bonchev–Trinajstić information content (AvgIpc) is 2.00. The summed E-state index contributed by atoms with van der Waals surface area (Å²) in [7, 11) is 0. The van der Waals surface area contributed by atoms with Crippen LogP contribution in [-0.4, -0.2) is 23.3 Å². The second kappa shape index (κ2) is 5.29. The Balaban J connectivity index is 4.12. The maximum absolute atomic E-state index is 10.7. The highest BCUT2D eigenvalue weighted by Gasteiger charge is 2.18. The first-order chi connectivity index (χ1) is 5.52. The molecule has 0 N–H and O–H groups in total. The Morgan fingerprint density at radius 2 is 2.08 bits per heavy atom. The fourth-order valence-corrected chi connectivity index (χ4v) is 0.705. The molecule has 4 heteroatoms. The van der Waals surface area contributed by atoms with Gasteiger partial charge in [0.25, 0.3) is 0 Å². The minimum Gasteiger partial charge on any atom is -0.446 e. The number of hydrogen-bond acceptors (Lipinski definition) is 2. The number of ether oxygens (including phenoxy) is 1. The molecule has 2 nitrogen and oxygen atoms in total. The van der Waals surface area contributed by atoms with Gasteiger partial charge in [-0.2, -0.15) is 0 Å². The number of esters is 1. The molecule has 0 aliphatic rings. The van der Waals surface area contributed by atoms with E-state index in [0.717, 1.165) is 0 Å². The van der Waals surface area contributed by atoms with Crippen LogP contribution in [0.5, 0.6) is 0 Å². The van der Waals surface area contributed by atoms with Gasteiger partial charge in [0.2, 0.25) is 0 Å². The van der Waals surface area contributed by atoms with Crippen LogP contribution < -0.4 is 0 Å². The van der Waals surface area contributed by atoms with Crippen LogP contribution in [0.3, 0.4) is 0 Å². The summed E-state index contributed by atoms with van der Waals surface area (Å²) in [6.07, 6.45) is 0. The highest BCUT2D eigenvalue weighted by atomic mass is 35.5. The van der Waals surface area contributed by atoms with E-state index in [4.69, 9.17) is 27.9 Å². The van der Waals surface area contributed by atoms with Crippen LogP contribution >= 0.6 is 23.2 Å². The number of rotatable bonds is 2. The van der Waals surface area contributed by atoms with Gasteiger partial charge in [-0.3, -0.25) is 4.79 Å². The van der Waals surface area contributed by atoms with E-state index in [-0.39, 0.29) is 11.8 Å². The van der Waals surface area contributed by atoms with E-state index in [2.05, 4.69) is 11.8 Å². The van der Waals surface area contributed by atoms with Crippen molar-refractivity contribution in [1.82, 2.24) is 0 Å². The van der Waals surface area contributed by atoms with Crippen LogP contribution in [0.25, 0.3) is 0 Å². The van der Waals surface area contributed by atoms with Gasteiger partial charge >= 0.3 is 5.97 Å². The molecule has 0 aliphatic heterocycles. The van der Waals surface area contributed by atoms with Crippen molar-refractivity contribution in [3.63, 3.8) is 0 Å². The molecule has 0 heterocycles. The predicted octanol–water partition coefficient (Wildman–Crippen LogP) is 1.79. The van der Waals surface area contributed by atoms with Gasteiger partial charge in [0.05, 0.1) is 5.88 Å². The Hall–Kier alpha value is -0.390. The third-order valence-corrected chi connectivity index (χ3v) is 1.29. The van der Waals surface area contributed by atoms with Crippen molar-refractivity contribution in [2.45, 2.75) is 19.4 Å². The van der Waals surface area contributed by atoms with Crippen molar-refractivity contribution in [2.24, 2.45) is 0 Å². The first kappa shape index (κ1) is 11.6. The second-order valence-electron chi connectivity index (χ2n) is 2.55. The highest BCUT2D eigenvalue weighted by molar-refractivity contribution is 6.26. The molecule has 0 atom stereocenters. The third-order valence-electron chi connectivity index (χ3n) is 0.934. The summed E-state index contributed by atoms with van der Waals surface area (Å²) in [4.78, 5) is 10.7. The fraction of sp³-hybridized carbons (Fsp3) is 0.625. The van der Waals surface area contributed by atoms with Gasteiger partial charge in [-0.15, -0.1) is 23.2 Å². The molecular weight excluding hydrogens is 199 g/mol. The van der Waals surface area contributed by atoms with Gasteiger partial charge in [-0.25, -0.2) is 0 Å². The smallest absolute Gasteiger partial charge is 0.322 e. The zero-order valence-electron chi connectivity index (χ0n) is 6.99. The Labute approximate surface area is 82.2 Å². The molecule has 0 amide bonds. The van der Waals surface area contributed by atoms with E-state index in [1.807, 2.05) is 0 Å². The monoisotopic (exact) mass is 208 g/mol. The topological polar surface area (TPSA) is 26.3 Å². The first-order valence-corrected chi connectivity index (χ1v) is 4.42. The van der Waals surface area contributed by atoms with Crippen LogP contribution in [0.1, 0.15) is 13.8 Å². The standard InChI is InChI=1S/C8H10Cl2O2/c1-8(2,4-3-5-9)12-7(11)6-10/h5-6H2,1-2H3. The Morgan fingerprint density at radius 1 is 1.50 bits per heavy atom. The predicted molar refractivity (Wildman–Crippen MR) is 49.4 cm³/mol. The van der Waals surface area contributed by atoms with E-state index < -0.39 is 11.6 Å². The zero-order chi connectivity index (χ0) is 9.61. The lowest BCUT2D eigenvalue weighted by molar-refractivity contribution is -0.148. The molecule has 0 radical (unpaired) electrons. The number of carbonyl (C=O) groups is 1. The lowest BCUT2D eigenvalue weighted by Gasteiger charge is -2.17. The second-order valence-corrected chi connectivity index (χ2v) is 3.09. The summed E-state index contributed by atoms with van der Waals surface area (Å²) in [6, 6.07) is 0. The van der Waals surface area contributed by atoms with Crippen LogP contribution in [0.4, 0.5) is 0 Å². The molecule has 0 fully saturated rings. The summed E-state index contributed by atoms with van der Waals surface area (Å²) >= 11 is 10.6. The number of halogens is 2. The molecule has 0 aromatic heterocycles. The van der Waals surface area contributed by atoms with Gasteiger partial charge in [-0.1, -0.05) is 11.8 Å². The molecule has 0 aliphatic carbocycles. The molecule has 68 valence electrons. The number of hydrogen-bond donors (Lipinski definition) is 0. The van der Waals surface area contributed by atoms with Crippen molar-refractivity contribution in [2.75, 3.05) is 11.8 Å². The molecule has 0 saturated carbocycles. The maximum Gasteiger partial charge on any atom is 0.322 e. The van der Waals surface area contributed by atoms with E-state index >= 15 is 0 Å². The van der Waals surface area contributed by atoms with Gasteiger partial charge in [0.1, 0.15) is 5.88 Å². The lowest BCUT2D eigenvalue weighted by Crippen LogP contribution is -2.26. The molecule has 0 unspecified atom stereocenters. The molecular formula is C8H10Cl2O2. The van der Waals surface area contributed by atoms with Crippen LogP contribution in [-0.2, 0) is 9.53 Å². The Kier molecular flexibility index (Phi) is 5.12. The van der Waals surface area contributed by atoms with Crippen LogP contribution in [0.2, 0.25) is 0 Å². The molecule has 0 bridgehead atoms. The van der Waals surface area contributed by atoms with Gasteiger partial charge in [-0.05, 0) is 13.8 Å². The summed E-state index contributed by atoms with van der Waals surface area (Å²) in [5.41, 5.74) is -0.805. The average molecular weight is 209 g/mol. The van der Waals surface area contributed by atoms with E-state index in [9.17, 15) is 4.79 Å². The minimum absolute atomic E-state index is 0.161. The van der Waals surface area contributed by atoms with E-state index in [0.29, 0.717) is 0 Å². The van der Waals surface area contributed by atoms with Gasteiger partial charge < -0.3 is 4.74 Å². The summed E-state index contributed by atoms with van der Waals surface area (Å²) < 4.78 is 4.89. The van der Waals surface area contributed by atoms with Gasteiger partial charge in [0.15, 0.2) is 5.60 Å². The number of carbonyl (C=O) groups excluding carboxylic acids is 1. The largest absolute Gasteiger partial charge is 0.446 e. The molecule has 0 aromatic rings. The normalized spacial score (nSPS) is 10.0. The van der Waals surface area contributed by atoms with E-state index in [1.54, 1.807) is 13.8 Å². The summed E-state index contributed by atoms with van der Waals surface area (Å²) in [5.74, 6) is 4.89. The SMILES string of the molecule is CC(C)(C#CCCl)OC(=O)CCl. The summed E-state index contributed by atoms with van der Waals surface area (Å²) in [6.45, 7) is 3.36. The van der Waals surface area contributed by atoms with Crippen molar-refractivity contribution >= 4 is 29.2 Å². The maximum atomic E-state index is 10.7. The molecule has 0 saturated heterocycles. The molecule has 12 heavy (non-hydrogen) atoms. The quantitative estimate of drug-likeness (QED) is 0.393. The molecule has 0 spiro atoms.